The summed E-state index contributed by atoms with van der Waals surface area (Å²) in [6, 6.07) is 7.94. The third kappa shape index (κ3) is 3.11. The molecule has 2 aromatic rings. The molecule has 5 heteroatoms. The normalized spacial score (nSPS) is 11.8. The fraction of sp³-hybridized carbons (Fsp3) is 0.188. The van der Waals surface area contributed by atoms with E-state index in [2.05, 4.69) is 5.32 Å². The van der Waals surface area contributed by atoms with Crippen LogP contribution in [0.2, 0.25) is 0 Å². The fourth-order valence-electron chi connectivity index (χ4n) is 2.09. The molecule has 108 valence electrons. The van der Waals surface area contributed by atoms with Crippen LogP contribution in [0.3, 0.4) is 0 Å². The highest BCUT2D eigenvalue weighted by Crippen LogP contribution is 2.29. The lowest BCUT2D eigenvalue weighted by Gasteiger charge is -2.19. The average Bonchev–Trinajstić information content (AvgIpc) is 2.43. The maximum atomic E-state index is 13.7. The molecule has 0 aromatic heterocycles. The Kier molecular flexibility index (Phi) is 4.08. The third-order valence-electron chi connectivity index (χ3n) is 3.30. The van der Waals surface area contributed by atoms with Crippen molar-refractivity contribution in [3.05, 3.63) is 58.7 Å². The number of rotatable bonds is 3. The zero-order valence-corrected chi connectivity index (χ0v) is 11.6. The first-order valence-electron chi connectivity index (χ1n) is 6.37. The van der Waals surface area contributed by atoms with E-state index < -0.39 is 11.6 Å². The second-order valence-electron chi connectivity index (χ2n) is 4.81. The number of phenols is 1. The van der Waals surface area contributed by atoms with Crippen LogP contribution in [0.1, 0.15) is 29.7 Å². The van der Waals surface area contributed by atoms with Crippen molar-refractivity contribution in [3.8, 4) is 11.8 Å². The minimum atomic E-state index is -0.530. The van der Waals surface area contributed by atoms with Crippen LogP contribution in [-0.2, 0) is 0 Å². The Balaban J connectivity index is 2.33. The molecule has 0 heterocycles. The van der Waals surface area contributed by atoms with E-state index in [-0.39, 0.29) is 17.4 Å². The van der Waals surface area contributed by atoms with Gasteiger partial charge >= 0.3 is 0 Å². The number of anilines is 1. The summed E-state index contributed by atoms with van der Waals surface area (Å²) in [6.07, 6.45) is 0. The van der Waals surface area contributed by atoms with Crippen molar-refractivity contribution in [2.24, 2.45) is 0 Å². The third-order valence-corrected chi connectivity index (χ3v) is 3.30. The first-order valence-corrected chi connectivity index (χ1v) is 6.37. The number of phenolic OH excluding ortho intramolecular Hbond substituents is 1. The van der Waals surface area contributed by atoms with E-state index in [9.17, 15) is 13.9 Å². The number of halogens is 2. The van der Waals surface area contributed by atoms with Crippen molar-refractivity contribution in [3.63, 3.8) is 0 Å². The van der Waals surface area contributed by atoms with Gasteiger partial charge in [0.2, 0.25) is 0 Å². The van der Waals surface area contributed by atoms with Gasteiger partial charge in [-0.15, -0.1) is 0 Å². The Bertz CT molecular complexity index is 723. The molecule has 0 fully saturated rings. The molecular weight excluding hydrogens is 274 g/mol. The molecule has 0 spiro atoms. The molecule has 0 amide bonds. The summed E-state index contributed by atoms with van der Waals surface area (Å²) in [5, 5.41) is 21.7. The number of benzene rings is 2. The molecule has 21 heavy (non-hydrogen) atoms. The summed E-state index contributed by atoms with van der Waals surface area (Å²) < 4.78 is 26.7. The molecule has 2 aromatic carbocycles. The van der Waals surface area contributed by atoms with Crippen molar-refractivity contribution < 1.29 is 13.9 Å². The quantitative estimate of drug-likeness (QED) is 0.896. The molecule has 0 saturated carbocycles. The molecule has 0 radical (unpaired) electrons. The molecule has 0 aliphatic heterocycles. The zero-order chi connectivity index (χ0) is 15.6. The predicted octanol–water partition coefficient (Wildman–Crippen LogP) is 4.02. The number of aromatic hydroxyl groups is 1. The molecule has 0 aliphatic carbocycles. The smallest absolute Gasteiger partial charge is 0.129 e. The molecule has 0 saturated heterocycles. The number of nitrogens with zero attached hydrogens (tertiary/aromatic N) is 1. The van der Waals surface area contributed by atoms with Crippen molar-refractivity contribution in [1.29, 1.82) is 5.26 Å². The van der Waals surface area contributed by atoms with E-state index in [1.165, 1.54) is 24.3 Å². The standard InChI is InChI=1S/C16H14F2N2O/c1-9-14(18)5-11(8-19)6-15(9)20-10(2)13-4-3-12(17)7-16(13)21/h3-7,10,20-21H,1-2H3. The van der Waals surface area contributed by atoms with E-state index in [0.29, 0.717) is 16.8 Å². The Morgan fingerprint density at radius 3 is 2.57 bits per heavy atom. The van der Waals surface area contributed by atoms with Crippen LogP contribution in [0.4, 0.5) is 14.5 Å². The van der Waals surface area contributed by atoms with Gasteiger partial charge in [-0.1, -0.05) is 6.07 Å². The SMILES string of the molecule is Cc1c(F)cc(C#N)cc1NC(C)c1ccc(F)cc1O. The lowest BCUT2D eigenvalue weighted by molar-refractivity contribution is 0.459. The van der Waals surface area contributed by atoms with Gasteiger partial charge in [0.25, 0.3) is 0 Å². The Hall–Kier alpha value is -2.61. The largest absolute Gasteiger partial charge is 0.507 e. The van der Waals surface area contributed by atoms with Gasteiger partial charge in [0.1, 0.15) is 17.4 Å². The number of hydrogen-bond donors (Lipinski definition) is 2. The lowest BCUT2D eigenvalue weighted by atomic mass is 10.0. The van der Waals surface area contributed by atoms with E-state index in [4.69, 9.17) is 5.26 Å². The summed E-state index contributed by atoms with van der Waals surface area (Å²) in [7, 11) is 0. The summed E-state index contributed by atoms with van der Waals surface area (Å²) in [5.74, 6) is -1.19. The van der Waals surface area contributed by atoms with Gasteiger partial charge in [-0.25, -0.2) is 8.78 Å². The van der Waals surface area contributed by atoms with Gasteiger partial charge in [0.15, 0.2) is 0 Å². The molecule has 0 aliphatic rings. The van der Waals surface area contributed by atoms with Gasteiger partial charge in [-0.2, -0.15) is 5.26 Å². The topological polar surface area (TPSA) is 56.0 Å². The van der Waals surface area contributed by atoms with Crippen molar-refractivity contribution in [2.75, 3.05) is 5.32 Å². The number of nitriles is 1. The van der Waals surface area contributed by atoms with E-state index >= 15 is 0 Å². The second kappa shape index (κ2) is 5.80. The fourth-order valence-corrected chi connectivity index (χ4v) is 2.09. The maximum absolute atomic E-state index is 13.7. The van der Waals surface area contributed by atoms with Crippen LogP contribution in [0, 0.1) is 29.9 Å². The molecule has 2 rings (SSSR count). The second-order valence-corrected chi connectivity index (χ2v) is 4.81. The number of hydrogen-bond acceptors (Lipinski definition) is 3. The summed E-state index contributed by atoms with van der Waals surface area (Å²) in [4.78, 5) is 0. The van der Waals surface area contributed by atoms with Crippen LogP contribution in [0.5, 0.6) is 5.75 Å². The van der Waals surface area contributed by atoms with Crippen LogP contribution in [0.25, 0.3) is 0 Å². The van der Waals surface area contributed by atoms with Crippen LogP contribution < -0.4 is 5.32 Å². The van der Waals surface area contributed by atoms with E-state index in [1.54, 1.807) is 13.8 Å². The maximum Gasteiger partial charge on any atom is 0.129 e. The van der Waals surface area contributed by atoms with Crippen LogP contribution in [-0.4, -0.2) is 5.11 Å². The van der Waals surface area contributed by atoms with E-state index in [0.717, 1.165) is 6.07 Å². The first-order chi connectivity index (χ1) is 9.92. The van der Waals surface area contributed by atoms with Crippen molar-refractivity contribution >= 4 is 5.69 Å². The molecule has 1 atom stereocenters. The average molecular weight is 288 g/mol. The predicted molar refractivity (Wildman–Crippen MR) is 76.0 cm³/mol. The van der Waals surface area contributed by atoms with Crippen molar-refractivity contribution in [1.82, 2.24) is 0 Å². The Morgan fingerprint density at radius 1 is 1.24 bits per heavy atom. The number of nitrogens with one attached hydrogen (secondary N) is 1. The van der Waals surface area contributed by atoms with Gasteiger partial charge in [0.05, 0.1) is 17.7 Å². The molecule has 2 N–H and O–H groups in total. The Morgan fingerprint density at radius 2 is 1.95 bits per heavy atom. The molecule has 3 nitrogen and oxygen atoms in total. The van der Waals surface area contributed by atoms with Gasteiger partial charge in [-0.3, -0.25) is 0 Å². The molecular formula is C16H14F2N2O. The molecule has 1 unspecified atom stereocenters. The summed E-state index contributed by atoms with van der Waals surface area (Å²) >= 11 is 0. The summed E-state index contributed by atoms with van der Waals surface area (Å²) in [6.45, 7) is 3.35. The first kappa shape index (κ1) is 14.8. The summed E-state index contributed by atoms with van der Waals surface area (Å²) in [5.41, 5.74) is 1.53. The van der Waals surface area contributed by atoms with Crippen LogP contribution in [0.15, 0.2) is 30.3 Å². The highest BCUT2D eigenvalue weighted by Gasteiger charge is 2.14. The highest BCUT2D eigenvalue weighted by molar-refractivity contribution is 5.57. The van der Waals surface area contributed by atoms with Gasteiger partial charge in [0, 0.05) is 22.9 Å². The molecule has 0 bridgehead atoms. The Labute approximate surface area is 121 Å². The van der Waals surface area contributed by atoms with Gasteiger partial charge < -0.3 is 10.4 Å². The van der Waals surface area contributed by atoms with Gasteiger partial charge in [-0.05, 0) is 32.0 Å². The minimum Gasteiger partial charge on any atom is -0.507 e. The monoisotopic (exact) mass is 288 g/mol. The zero-order valence-electron chi connectivity index (χ0n) is 11.6. The minimum absolute atomic E-state index is 0.176. The van der Waals surface area contributed by atoms with Crippen LogP contribution >= 0.6 is 0 Å². The highest BCUT2D eigenvalue weighted by atomic mass is 19.1. The lowest BCUT2D eigenvalue weighted by Crippen LogP contribution is -2.09. The van der Waals surface area contributed by atoms with E-state index in [1.807, 2.05) is 6.07 Å². The van der Waals surface area contributed by atoms with Crippen molar-refractivity contribution in [2.45, 2.75) is 19.9 Å².